The number of hydrogen-bond acceptors (Lipinski definition) is 4. The van der Waals surface area contributed by atoms with Crippen LogP contribution in [0.1, 0.15) is 27.4 Å². The summed E-state index contributed by atoms with van der Waals surface area (Å²) in [5, 5.41) is 0.750. The first-order valence-electron chi connectivity index (χ1n) is 7.90. The average molecular weight is 325 g/mol. The molecular weight excluding hydrogens is 306 g/mol. The van der Waals surface area contributed by atoms with E-state index in [2.05, 4.69) is 39.1 Å². The molecule has 0 unspecified atom stereocenters. The van der Waals surface area contributed by atoms with Gasteiger partial charge in [-0.1, -0.05) is 24.3 Å². The van der Waals surface area contributed by atoms with Gasteiger partial charge in [0.25, 0.3) is 5.56 Å². The Bertz CT molecular complexity index is 941. The molecule has 118 valence electrons. The Morgan fingerprint density at radius 3 is 2.87 bits per heavy atom. The number of aryl methyl sites for hydroxylation is 2. The van der Waals surface area contributed by atoms with Crippen LogP contribution in [0.5, 0.6) is 0 Å². The zero-order chi connectivity index (χ0) is 16.0. The molecule has 1 aliphatic rings. The molecule has 5 heteroatoms. The summed E-state index contributed by atoms with van der Waals surface area (Å²) in [7, 11) is 0. The molecule has 3 heterocycles. The minimum atomic E-state index is -0.00994. The van der Waals surface area contributed by atoms with Crippen LogP contribution in [-0.2, 0) is 19.5 Å². The maximum atomic E-state index is 12.4. The van der Waals surface area contributed by atoms with Gasteiger partial charge in [0.05, 0.1) is 11.9 Å². The molecule has 0 amide bonds. The Morgan fingerprint density at radius 1 is 1.26 bits per heavy atom. The van der Waals surface area contributed by atoms with Gasteiger partial charge in [-0.25, -0.2) is 4.98 Å². The summed E-state index contributed by atoms with van der Waals surface area (Å²) in [5.41, 5.74) is 3.86. The number of fused-ring (bicyclic) bond motifs is 2. The number of nitrogens with zero attached hydrogens (tertiary/aromatic N) is 2. The fourth-order valence-corrected chi connectivity index (χ4v) is 4.32. The molecule has 0 aliphatic carbocycles. The number of aromatic nitrogens is 2. The molecule has 0 atom stereocenters. The fraction of sp³-hybridized carbons (Fsp3) is 0.333. The number of H-pyrrole nitrogens is 1. The zero-order valence-electron chi connectivity index (χ0n) is 13.3. The van der Waals surface area contributed by atoms with Crippen molar-refractivity contribution in [3.05, 3.63) is 62.0 Å². The number of benzene rings is 1. The monoisotopic (exact) mass is 325 g/mol. The van der Waals surface area contributed by atoms with Gasteiger partial charge in [0.15, 0.2) is 0 Å². The van der Waals surface area contributed by atoms with Crippen LogP contribution in [0.4, 0.5) is 0 Å². The van der Waals surface area contributed by atoms with Crippen LogP contribution in [0, 0.1) is 13.8 Å². The van der Waals surface area contributed by atoms with Crippen LogP contribution in [0.15, 0.2) is 29.1 Å². The van der Waals surface area contributed by atoms with E-state index in [-0.39, 0.29) is 5.56 Å². The number of rotatable bonds is 2. The third-order valence-corrected chi connectivity index (χ3v) is 5.77. The van der Waals surface area contributed by atoms with E-state index in [1.54, 1.807) is 11.3 Å². The summed E-state index contributed by atoms with van der Waals surface area (Å²) in [5.74, 6) is 0.767. The standard InChI is InChI=1S/C18H19N3OS/c1-11-12(2)23-18-16(11)17(22)19-15(20-18)10-21-8-7-13-5-3-4-6-14(13)9-21/h3-6H,7-10H2,1-2H3,(H,19,20,22). The SMILES string of the molecule is Cc1sc2nc(CN3CCc4ccccc4C3)[nH]c(=O)c2c1C. The predicted octanol–water partition coefficient (Wildman–Crippen LogP) is 3.16. The smallest absolute Gasteiger partial charge is 0.259 e. The Morgan fingerprint density at radius 2 is 2.04 bits per heavy atom. The molecule has 0 radical (unpaired) electrons. The first-order valence-corrected chi connectivity index (χ1v) is 8.71. The summed E-state index contributed by atoms with van der Waals surface area (Å²) in [6, 6.07) is 8.58. The van der Waals surface area contributed by atoms with E-state index in [1.807, 2.05) is 13.8 Å². The highest BCUT2D eigenvalue weighted by Crippen LogP contribution is 2.26. The number of nitrogens with one attached hydrogen (secondary N) is 1. The lowest BCUT2D eigenvalue weighted by Crippen LogP contribution is -2.31. The maximum absolute atomic E-state index is 12.4. The zero-order valence-corrected chi connectivity index (χ0v) is 14.2. The molecule has 0 fully saturated rings. The van der Waals surface area contributed by atoms with E-state index >= 15 is 0 Å². The third-order valence-electron chi connectivity index (χ3n) is 4.67. The second-order valence-electron chi connectivity index (χ2n) is 6.21. The van der Waals surface area contributed by atoms with E-state index < -0.39 is 0 Å². The quantitative estimate of drug-likeness (QED) is 0.787. The van der Waals surface area contributed by atoms with Crippen LogP contribution in [0.2, 0.25) is 0 Å². The Labute approximate surface area is 138 Å². The first kappa shape index (κ1) is 14.6. The molecule has 1 aliphatic heterocycles. The number of hydrogen-bond donors (Lipinski definition) is 1. The molecule has 1 N–H and O–H groups in total. The van der Waals surface area contributed by atoms with Crippen molar-refractivity contribution in [3.8, 4) is 0 Å². The summed E-state index contributed by atoms with van der Waals surface area (Å²) in [6.45, 7) is 6.64. The maximum Gasteiger partial charge on any atom is 0.259 e. The van der Waals surface area contributed by atoms with Crippen molar-refractivity contribution in [1.29, 1.82) is 0 Å². The van der Waals surface area contributed by atoms with Gasteiger partial charge in [-0.15, -0.1) is 11.3 Å². The van der Waals surface area contributed by atoms with Crippen LogP contribution in [0.3, 0.4) is 0 Å². The van der Waals surface area contributed by atoms with E-state index in [9.17, 15) is 4.79 Å². The molecule has 0 saturated carbocycles. The topological polar surface area (TPSA) is 49.0 Å². The van der Waals surface area contributed by atoms with Gasteiger partial charge in [0, 0.05) is 18.0 Å². The lowest BCUT2D eigenvalue weighted by Gasteiger charge is -2.28. The van der Waals surface area contributed by atoms with Crippen LogP contribution < -0.4 is 5.56 Å². The van der Waals surface area contributed by atoms with Gasteiger partial charge in [-0.2, -0.15) is 0 Å². The molecule has 0 spiro atoms. The number of thiophene rings is 1. The van der Waals surface area contributed by atoms with Gasteiger partial charge >= 0.3 is 0 Å². The molecule has 0 bridgehead atoms. The van der Waals surface area contributed by atoms with Crippen molar-refractivity contribution in [2.24, 2.45) is 0 Å². The minimum absolute atomic E-state index is 0.00994. The van der Waals surface area contributed by atoms with Crippen LogP contribution in [-0.4, -0.2) is 21.4 Å². The van der Waals surface area contributed by atoms with Gasteiger partial charge in [0.2, 0.25) is 0 Å². The van der Waals surface area contributed by atoms with Crippen molar-refractivity contribution in [3.63, 3.8) is 0 Å². The van der Waals surface area contributed by atoms with Gasteiger partial charge < -0.3 is 4.98 Å². The van der Waals surface area contributed by atoms with Crippen molar-refractivity contribution in [1.82, 2.24) is 14.9 Å². The fourth-order valence-electron chi connectivity index (χ4n) is 3.28. The third kappa shape index (κ3) is 2.60. The summed E-state index contributed by atoms with van der Waals surface area (Å²) < 4.78 is 0. The lowest BCUT2D eigenvalue weighted by atomic mass is 10.00. The average Bonchev–Trinajstić information content (AvgIpc) is 2.82. The highest BCUT2D eigenvalue weighted by molar-refractivity contribution is 7.18. The molecule has 4 nitrogen and oxygen atoms in total. The molecule has 3 aromatic rings. The largest absolute Gasteiger partial charge is 0.309 e. The van der Waals surface area contributed by atoms with Crippen LogP contribution in [0.25, 0.3) is 10.2 Å². The summed E-state index contributed by atoms with van der Waals surface area (Å²) in [6.07, 6.45) is 1.06. The van der Waals surface area contributed by atoms with Gasteiger partial charge in [-0.05, 0) is 37.0 Å². The second kappa shape index (κ2) is 5.58. The Hall–Kier alpha value is -1.98. The Balaban J connectivity index is 1.63. The number of aromatic amines is 1. The summed E-state index contributed by atoms with van der Waals surface area (Å²) >= 11 is 1.61. The van der Waals surface area contributed by atoms with Gasteiger partial charge in [-0.3, -0.25) is 9.69 Å². The minimum Gasteiger partial charge on any atom is -0.309 e. The normalized spacial score (nSPS) is 15.0. The van der Waals surface area contributed by atoms with Crippen molar-refractivity contribution in [2.45, 2.75) is 33.4 Å². The molecule has 2 aromatic heterocycles. The highest BCUT2D eigenvalue weighted by atomic mass is 32.1. The van der Waals surface area contributed by atoms with Gasteiger partial charge in [0.1, 0.15) is 10.7 Å². The van der Waals surface area contributed by atoms with E-state index in [0.717, 1.165) is 41.1 Å². The second-order valence-corrected chi connectivity index (χ2v) is 7.41. The van der Waals surface area contributed by atoms with E-state index in [0.29, 0.717) is 6.54 Å². The molecule has 23 heavy (non-hydrogen) atoms. The predicted molar refractivity (Wildman–Crippen MR) is 94.0 cm³/mol. The highest BCUT2D eigenvalue weighted by Gasteiger charge is 2.18. The van der Waals surface area contributed by atoms with Crippen molar-refractivity contribution in [2.75, 3.05) is 6.54 Å². The van der Waals surface area contributed by atoms with Crippen LogP contribution >= 0.6 is 11.3 Å². The molecule has 4 rings (SSSR count). The van der Waals surface area contributed by atoms with E-state index in [1.165, 1.54) is 16.0 Å². The molecule has 0 saturated heterocycles. The summed E-state index contributed by atoms with van der Waals surface area (Å²) in [4.78, 5) is 24.4. The Kier molecular flexibility index (Phi) is 3.54. The van der Waals surface area contributed by atoms with E-state index in [4.69, 9.17) is 0 Å². The van der Waals surface area contributed by atoms with Crippen molar-refractivity contribution >= 4 is 21.6 Å². The molecular formula is C18H19N3OS. The first-order chi connectivity index (χ1) is 11.1. The van der Waals surface area contributed by atoms with Crippen molar-refractivity contribution < 1.29 is 0 Å². The molecule has 1 aromatic carbocycles. The lowest BCUT2D eigenvalue weighted by molar-refractivity contribution is 0.239.